The first-order valence-electron chi connectivity index (χ1n) is 4.05. The summed E-state index contributed by atoms with van der Waals surface area (Å²) in [5.41, 5.74) is 0. The Balaban J connectivity index is 2.01. The molecule has 0 aromatic heterocycles. The van der Waals surface area contributed by atoms with Gasteiger partial charge >= 0.3 is 0 Å². The molecule has 0 bridgehead atoms. The highest BCUT2D eigenvalue weighted by atomic mass is 16.5. The van der Waals surface area contributed by atoms with Crippen molar-refractivity contribution >= 4 is 0 Å². The number of rotatable bonds is 3. The van der Waals surface area contributed by atoms with Gasteiger partial charge in [-0.15, -0.1) is 0 Å². The van der Waals surface area contributed by atoms with Gasteiger partial charge in [-0.2, -0.15) is 0 Å². The molecule has 10 heavy (non-hydrogen) atoms. The van der Waals surface area contributed by atoms with Gasteiger partial charge in [0.2, 0.25) is 0 Å². The standard InChI is InChI=1S/C8H16O2/c1-7(9)2-3-8-4-5-10-6-8/h7-9H,2-6H2,1H3. The minimum Gasteiger partial charge on any atom is -0.393 e. The van der Waals surface area contributed by atoms with Crippen LogP contribution >= 0.6 is 0 Å². The van der Waals surface area contributed by atoms with Crippen LogP contribution < -0.4 is 0 Å². The summed E-state index contributed by atoms with van der Waals surface area (Å²) in [5.74, 6) is 0.717. The third-order valence-corrected chi connectivity index (χ3v) is 2.02. The highest BCUT2D eigenvalue weighted by Crippen LogP contribution is 2.18. The zero-order valence-corrected chi connectivity index (χ0v) is 6.55. The molecule has 1 N–H and O–H groups in total. The largest absolute Gasteiger partial charge is 0.393 e. The summed E-state index contributed by atoms with van der Waals surface area (Å²) in [6, 6.07) is 0. The minimum atomic E-state index is -0.138. The van der Waals surface area contributed by atoms with Gasteiger partial charge in [-0.3, -0.25) is 0 Å². The fourth-order valence-electron chi connectivity index (χ4n) is 1.29. The van der Waals surface area contributed by atoms with E-state index in [1.807, 2.05) is 6.92 Å². The molecule has 0 aliphatic carbocycles. The van der Waals surface area contributed by atoms with E-state index in [1.165, 1.54) is 6.42 Å². The van der Waals surface area contributed by atoms with Crippen molar-refractivity contribution in [3.8, 4) is 0 Å². The lowest BCUT2D eigenvalue weighted by atomic mass is 10.0. The fourth-order valence-corrected chi connectivity index (χ4v) is 1.29. The smallest absolute Gasteiger partial charge is 0.0512 e. The van der Waals surface area contributed by atoms with E-state index in [9.17, 15) is 0 Å². The average Bonchev–Trinajstić information content (AvgIpc) is 2.34. The van der Waals surface area contributed by atoms with Gasteiger partial charge in [-0.1, -0.05) is 0 Å². The predicted octanol–water partition coefficient (Wildman–Crippen LogP) is 1.18. The van der Waals surface area contributed by atoms with Crippen LogP contribution in [0.15, 0.2) is 0 Å². The van der Waals surface area contributed by atoms with Crippen molar-refractivity contribution in [2.24, 2.45) is 5.92 Å². The monoisotopic (exact) mass is 144 g/mol. The minimum absolute atomic E-state index is 0.138. The van der Waals surface area contributed by atoms with E-state index < -0.39 is 0 Å². The average molecular weight is 144 g/mol. The van der Waals surface area contributed by atoms with E-state index in [-0.39, 0.29) is 6.10 Å². The topological polar surface area (TPSA) is 29.5 Å². The molecule has 1 saturated heterocycles. The third kappa shape index (κ3) is 2.67. The maximum Gasteiger partial charge on any atom is 0.0512 e. The Morgan fingerprint density at radius 1 is 1.70 bits per heavy atom. The molecule has 1 fully saturated rings. The number of ether oxygens (including phenoxy) is 1. The van der Waals surface area contributed by atoms with E-state index in [2.05, 4.69) is 0 Å². The molecule has 0 radical (unpaired) electrons. The van der Waals surface area contributed by atoms with E-state index in [1.54, 1.807) is 0 Å². The number of hydrogen-bond donors (Lipinski definition) is 1. The molecule has 0 spiro atoms. The second-order valence-corrected chi connectivity index (χ2v) is 3.16. The molecule has 2 atom stereocenters. The Morgan fingerprint density at radius 3 is 3.00 bits per heavy atom. The van der Waals surface area contributed by atoms with Crippen molar-refractivity contribution in [2.75, 3.05) is 13.2 Å². The van der Waals surface area contributed by atoms with E-state index in [0.717, 1.165) is 32.0 Å². The molecule has 1 aliphatic heterocycles. The maximum atomic E-state index is 8.97. The normalized spacial score (nSPS) is 28.8. The SMILES string of the molecule is CC(O)CCC1CCOC1. The molecule has 0 saturated carbocycles. The summed E-state index contributed by atoms with van der Waals surface area (Å²) in [6.45, 7) is 3.67. The molecule has 1 rings (SSSR count). The summed E-state index contributed by atoms with van der Waals surface area (Å²) < 4.78 is 5.21. The number of aliphatic hydroxyl groups is 1. The van der Waals surface area contributed by atoms with Gasteiger partial charge in [-0.05, 0) is 32.1 Å². The summed E-state index contributed by atoms with van der Waals surface area (Å²) in [5, 5.41) is 8.97. The van der Waals surface area contributed by atoms with Crippen LogP contribution in [0.4, 0.5) is 0 Å². The first-order chi connectivity index (χ1) is 4.79. The summed E-state index contributed by atoms with van der Waals surface area (Å²) in [6.07, 6.45) is 3.10. The Labute approximate surface area is 62.2 Å². The molecular weight excluding hydrogens is 128 g/mol. The van der Waals surface area contributed by atoms with E-state index in [4.69, 9.17) is 9.84 Å². The van der Waals surface area contributed by atoms with Crippen molar-refractivity contribution in [1.82, 2.24) is 0 Å². The quantitative estimate of drug-likeness (QED) is 0.644. The van der Waals surface area contributed by atoms with Crippen molar-refractivity contribution in [1.29, 1.82) is 0 Å². The lowest BCUT2D eigenvalue weighted by molar-refractivity contribution is 0.160. The highest BCUT2D eigenvalue weighted by Gasteiger charge is 2.15. The van der Waals surface area contributed by atoms with Crippen molar-refractivity contribution in [3.63, 3.8) is 0 Å². The molecule has 2 heteroatoms. The molecule has 1 heterocycles. The molecule has 2 nitrogen and oxygen atoms in total. The Kier molecular flexibility index (Phi) is 3.16. The molecule has 2 unspecified atom stereocenters. The predicted molar refractivity (Wildman–Crippen MR) is 39.8 cm³/mol. The summed E-state index contributed by atoms with van der Waals surface area (Å²) in [4.78, 5) is 0. The molecule has 60 valence electrons. The van der Waals surface area contributed by atoms with Crippen LogP contribution in [0, 0.1) is 5.92 Å². The zero-order chi connectivity index (χ0) is 7.40. The Morgan fingerprint density at radius 2 is 2.50 bits per heavy atom. The third-order valence-electron chi connectivity index (χ3n) is 2.02. The van der Waals surface area contributed by atoms with Crippen LogP contribution in [-0.4, -0.2) is 24.4 Å². The van der Waals surface area contributed by atoms with Gasteiger partial charge in [-0.25, -0.2) is 0 Å². The van der Waals surface area contributed by atoms with Crippen LogP contribution in [0.5, 0.6) is 0 Å². The van der Waals surface area contributed by atoms with Gasteiger partial charge in [0.25, 0.3) is 0 Å². The van der Waals surface area contributed by atoms with Crippen LogP contribution in [0.25, 0.3) is 0 Å². The van der Waals surface area contributed by atoms with E-state index >= 15 is 0 Å². The first kappa shape index (κ1) is 8.02. The molecule has 1 aliphatic rings. The Bertz CT molecular complexity index is 85.3. The molecule has 0 aromatic rings. The highest BCUT2D eigenvalue weighted by molar-refractivity contribution is 4.64. The van der Waals surface area contributed by atoms with Crippen LogP contribution in [0.1, 0.15) is 26.2 Å². The van der Waals surface area contributed by atoms with Gasteiger partial charge in [0.05, 0.1) is 6.10 Å². The Hall–Kier alpha value is -0.0800. The van der Waals surface area contributed by atoms with Crippen molar-refractivity contribution < 1.29 is 9.84 Å². The summed E-state index contributed by atoms with van der Waals surface area (Å²) in [7, 11) is 0. The zero-order valence-electron chi connectivity index (χ0n) is 6.55. The molecule has 0 amide bonds. The van der Waals surface area contributed by atoms with E-state index in [0.29, 0.717) is 0 Å². The van der Waals surface area contributed by atoms with Crippen LogP contribution in [-0.2, 0) is 4.74 Å². The fraction of sp³-hybridized carbons (Fsp3) is 1.00. The van der Waals surface area contributed by atoms with Gasteiger partial charge in [0.15, 0.2) is 0 Å². The maximum absolute atomic E-state index is 8.97. The molecular formula is C8H16O2. The number of hydrogen-bond acceptors (Lipinski definition) is 2. The summed E-state index contributed by atoms with van der Waals surface area (Å²) >= 11 is 0. The first-order valence-corrected chi connectivity index (χ1v) is 4.05. The van der Waals surface area contributed by atoms with Crippen LogP contribution in [0.2, 0.25) is 0 Å². The second kappa shape index (κ2) is 3.94. The van der Waals surface area contributed by atoms with Gasteiger partial charge in [0, 0.05) is 13.2 Å². The lowest BCUT2D eigenvalue weighted by Crippen LogP contribution is -2.05. The van der Waals surface area contributed by atoms with Gasteiger partial charge in [0.1, 0.15) is 0 Å². The second-order valence-electron chi connectivity index (χ2n) is 3.16. The van der Waals surface area contributed by atoms with Crippen LogP contribution in [0.3, 0.4) is 0 Å². The van der Waals surface area contributed by atoms with Gasteiger partial charge < -0.3 is 9.84 Å². The van der Waals surface area contributed by atoms with Crippen molar-refractivity contribution in [2.45, 2.75) is 32.3 Å². The van der Waals surface area contributed by atoms with Crippen molar-refractivity contribution in [3.05, 3.63) is 0 Å². The molecule has 0 aromatic carbocycles. The number of aliphatic hydroxyl groups excluding tert-OH is 1. The lowest BCUT2D eigenvalue weighted by Gasteiger charge is -2.07.